The van der Waals surface area contributed by atoms with Crippen molar-refractivity contribution >= 4 is 43.1 Å². The van der Waals surface area contributed by atoms with Gasteiger partial charge in [0.15, 0.2) is 9.84 Å². The summed E-state index contributed by atoms with van der Waals surface area (Å²) in [6, 6.07) is 13.3. The second-order valence-electron chi connectivity index (χ2n) is 9.13. The third-order valence-electron chi connectivity index (χ3n) is 6.39. The van der Waals surface area contributed by atoms with Gasteiger partial charge in [-0.15, -0.1) is 0 Å². The maximum absolute atomic E-state index is 13.9. The topological polar surface area (TPSA) is 83.9 Å². The number of ether oxygens (including phenoxy) is 1. The number of hydrogen-bond donors (Lipinski definition) is 1. The number of fused-ring (bicyclic) bond motifs is 1. The van der Waals surface area contributed by atoms with Gasteiger partial charge in [-0.25, -0.2) is 8.42 Å². The third-order valence-corrected chi connectivity index (χ3v) is 9.00. The molecule has 3 rings (SSSR count). The van der Waals surface area contributed by atoms with E-state index < -0.39 is 15.8 Å². The Labute approximate surface area is 211 Å². The van der Waals surface area contributed by atoms with Crippen LogP contribution in [0.15, 0.2) is 51.8 Å². The summed E-state index contributed by atoms with van der Waals surface area (Å²) >= 11 is 3.52. The summed E-state index contributed by atoms with van der Waals surface area (Å²) in [5.74, 6) is -0.538. The summed E-state index contributed by atoms with van der Waals surface area (Å²) in [5, 5.41) is 8.94. The smallest absolute Gasteiger partial charge is 0.306 e. The molecule has 186 valence electrons. The van der Waals surface area contributed by atoms with Crippen LogP contribution in [0.3, 0.4) is 0 Å². The fraction of sp³-hybridized carbons (Fsp3) is 0.500. The fourth-order valence-electron chi connectivity index (χ4n) is 4.66. The number of para-hydroxylation sites is 1. The summed E-state index contributed by atoms with van der Waals surface area (Å²) in [6.45, 7) is 4.86. The number of rotatable bonds is 11. The van der Waals surface area contributed by atoms with Crippen molar-refractivity contribution in [3.8, 4) is 5.75 Å². The van der Waals surface area contributed by atoms with Gasteiger partial charge in [-0.2, -0.15) is 0 Å². The number of anilines is 2. The molecule has 2 aromatic carbocycles. The number of hydrogen-bond acceptors (Lipinski definition) is 5. The van der Waals surface area contributed by atoms with Crippen LogP contribution in [-0.4, -0.2) is 38.4 Å². The van der Waals surface area contributed by atoms with E-state index in [1.54, 1.807) is 12.1 Å². The number of nitrogens with zero attached hydrogens (tertiary/aromatic N) is 1. The molecule has 0 amide bonds. The Bertz CT molecular complexity index is 1080. The maximum atomic E-state index is 13.9. The number of halogens is 1. The first-order valence-electron chi connectivity index (χ1n) is 11.9. The zero-order valence-corrected chi connectivity index (χ0v) is 22.3. The number of carboxylic acid groups (broad SMARTS) is 1. The van der Waals surface area contributed by atoms with Crippen LogP contribution in [-0.2, 0) is 14.6 Å². The Morgan fingerprint density at radius 2 is 1.76 bits per heavy atom. The second-order valence-corrected chi connectivity index (χ2v) is 11.9. The molecule has 1 aliphatic rings. The molecule has 0 saturated carbocycles. The lowest BCUT2D eigenvalue weighted by atomic mass is 9.79. The predicted octanol–water partition coefficient (Wildman–Crippen LogP) is 6.59. The monoisotopic (exact) mass is 551 g/mol. The quantitative estimate of drug-likeness (QED) is 0.339. The van der Waals surface area contributed by atoms with Gasteiger partial charge in [-0.1, -0.05) is 57.7 Å². The van der Waals surface area contributed by atoms with Crippen LogP contribution in [0, 0.1) is 5.41 Å². The molecule has 0 unspecified atom stereocenters. The number of carbonyl (C=O) groups is 1. The molecule has 8 heteroatoms. The minimum Gasteiger partial charge on any atom is -0.492 e. The lowest BCUT2D eigenvalue weighted by molar-refractivity contribution is -0.137. The van der Waals surface area contributed by atoms with E-state index >= 15 is 0 Å². The highest BCUT2D eigenvalue weighted by atomic mass is 79.9. The molecule has 0 radical (unpaired) electrons. The standard InChI is InChI=1S/C26H34BrNO5S/c1-3-5-13-26(14-6-4-2)18-28(20-10-8-7-9-11-20)22-16-21(27)23(33-15-12-25(29)30)17-24(22)34(31,32)19-26/h7-11,16-17H,3-6,12-15,18-19H2,1-2H3,(H,29,30). The predicted molar refractivity (Wildman–Crippen MR) is 139 cm³/mol. The van der Waals surface area contributed by atoms with E-state index in [0.29, 0.717) is 22.5 Å². The summed E-state index contributed by atoms with van der Waals surface area (Å²) in [5.41, 5.74) is 1.21. The second kappa shape index (κ2) is 11.6. The van der Waals surface area contributed by atoms with Crippen molar-refractivity contribution in [2.24, 2.45) is 5.41 Å². The molecule has 34 heavy (non-hydrogen) atoms. The van der Waals surface area contributed by atoms with Gasteiger partial charge in [0, 0.05) is 23.7 Å². The van der Waals surface area contributed by atoms with Gasteiger partial charge in [0.05, 0.1) is 33.8 Å². The van der Waals surface area contributed by atoms with Crippen LogP contribution < -0.4 is 9.64 Å². The zero-order valence-electron chi connectivity index (χ0n) is 19.9. The molecule has 0 spiro atoms. The summed E-state index contributed by atoms with van der Waals surface area (Å²) in [6.07, 6.45) is 5.52. The molecule has 2 aromatic rings. The molecule has 0 aromatic heterocycles. The summed E-state index contributed by atoms with van der Waals surface area (Å²) in [4.78, 5) is 13.3. The van der Waals surface area contributed by atoms with E-state index in [-0.39, 0.29) is 29.1 Å². The highest BCUT2D eigenvalue weighted by Gasteiger charge is 2.42. The van der Waals surface area contributed by atoms with Crippen LogP contribution >= 0.6 is 15.9 Å². The van der Waals surface area contributed by atoms with Gasteiger partial charge in [0.1, 0.15) is 5.75 Å². The number of unbranched alkanes of at least 4 members (excludes halogenated alkanes) is 2. The van der Waals surface area contributed by atoms with E-state index in [1.807, 2.05) is 30.3 Å². The van der Waals surface area contributed by atoms with Crippen molar-refractivity contribution < 1.29 is 23.1 Å². The molecule has 0 aliphatic carbocycles. The first-order chi connectivity index (χ1) is 16.2. The SMILES string of the molecule is CCCCC1(CCCC)CN(c2ccccc2)c2cc(Br)c(OCCC(=O)O)cc2S(=O)(=O)C1. The molecule has 0 fully saturated rings. The van der Waals surface area contributed by atoms with Gasteiger partial charge >= 0.3 is 5.97 Å². The van der Waals surface area contributed by atoms with Crippen LogP contribution in [0.25, 0.3) is 0 Å². The van der Waals surface area contributed by atoms with Gasteiger partial charge in [-0.05, 0) is 47.0 Å². The molecule has 1 heterocycles. The highest BCUT2D eigenvalue weighted by Crippen LogP contribution is 2.47. The molecule has 6 nitrogen and oxygen atoms in total. The highest BCUT2D eigenvalue weighted by molar-refractivity contribution is 9.10. The Hall–Kier alpha value is -2.06. The largest absolute Gasteiger partial charge is 0.492 e. The van der Waals surface area contributed by atoms with Crippen LogP contribution in [0.4, 0.5) is 11.4 Å². The average molecular weight is 553 g/mol. The maximum Gasteiger partial charge on any atom is 0.306 e. The summed E-state index contributed by atoms with van der Waals surface area (Å²) < 4.78 is 34.0. The van der Waals surface area contributed by atoms with E-state index in [2.05, 4.69) is 34.7 Å². The number of benzene rings is 2. The van der Waals surface area contributed by atoms with Gasteiger partial charge in [0.25, 0.3) is 0 Å². The normalized spacial score (nSPS) is 16.5. The van der Waals surface area contributed by atoms with Crippen LogP contribution in [0.2, 0.25) is 0 Å². The van der Waals surface area contributed by atoms with Crippen molar-refractivity contribution in [1.82, 2.24) is 0 Å². The molecular formula is C26H34BrNO5S. The molecule has 0 atom stereocenters. The van der Waals surface area contributed by atoms with Crippen molar-refractivity contribution in [2.45, 2.75) is 63.7 Å². The molecule has 1 N–H and O–H groups in total. The van der Waals surface area contributed by atoms with Crippen molar-refractivity contribution in [3.63, 3.8) is 0 Å². The van der Waals surface area contributed by atoms with E-state index in [0.717, 1.165) is 44.2 Å². The Kier molecular flexibility index (Phi) is 9.04. The van der Waals surface area contributed by atoms with Gasteiger partial charge < -0.3 is 14.7 Å². The van der Waals surface area contributed by atoms with E-state index in [9.17, 15) is 13.2 Å². The summed E-state index contributed by atoms with van der Waals surface area (Å²) in [7, 11) is -3.63. The first kappa shape index (κ1) is 26.5. The minimum atomic E-state index is -3.63. The van der Waals surface area contributed by atoms with E-state index in [4.69, 9.17) is 9.84 Å². The van der Waals surface area contributed by atoms with Gasteiger partial charge in [-0.3, -0.25) is 4.79 Å². The molecular weight excluding hydrogens is 518 g/mol. The Morgan fingerprint density at radius 1 is 1.12 bits per heavy atom. The van der Waals surface area contributed by atoms with E-state index in [1.165, 1.54) is 0 Å². The average Bonchev–Trinajstić information content (AvgIpc) is 2.89. The van der Waals surface area contributed by atoms with Crippen molar-refractivity contribution in [3.05, 3.63) is 46.9 Å². The molecule has 1 aliphatic heterocycles. The van der Waals surface area contributed by atoms with Crippen molar-refractivity contribution in [2.75, 3.05) is 23.8 Å². The minimum absolute atomic E-state index is 0.0356. The molecule has 0 saturated heterocycles. The number of aliphatic carboxylic acids is 1. The Morgan fingerprint density at radius 3 is 2.35 bits per heavy atom. The number of carboxylic acids is 1. The zero-order chi connectivity index (χ0) is 24.8. The number of sulfone groups is 1. The van der Waals surface area contributed by atoms with Crippen LogP contribution in [0.5, 0.6) is 5.75 Å². The third kappa shape index (κ3) is 6.33. The first-order valence-corrected chi connectivity index (χ1v) is 14.4. The fourth-order valence-corrected chi connectivity index (χ4v) is 7.22. The lowest BCUT2D eigenvalue weighted by Gasteiger charge is -2.37. The molecule has 0 bridgehead atoms. The van der Waals surface area contributed by atoms with Gasteiger partial charge in [0.2, 0.25) is 0 Å². The van der Waals surface area contributed by atoms with Crippen molar-refractivity contribution in [1.29, 1.82) is 0 Å². The van der Waals surface area contributed by atoms with Crippen LogP contribution in [0.1, 0.15) is 58.8 Å². The Balaban J connectivity index is 2.15. The lowest BCUT2D eigenvalue weighted by Crippen LogP contribution is -2.38.